The zero-order chi connectivity index (χ0) is 28.1. The Morgan fingerprint density at radius 3 is 2.55 bits per heavy atom. The van der Waals surface area contributed by atoms with Gasteiger partial charge in [-0.15, -0.1) is 0 Å². The number of carbonyl (C=O) groups is 2. The van der Waals surface area contributed by atoms with Gasteiger partial charge in [0, 0.05) is 13.2 Å². The molecule has 3 aromatic rings. The minimum absolute atomic E-state index is 0.210. The maximum absolute atomic E-state index is 13.5. The molecule has 9 nitrogen and oxygen atoms in total. The van der Waals surface area contributed by atoms with E-state index >= 15 is 0 Å². The van der Waals surface area contributed by atoms with Crippen molar-refractivity contribution in [2.24, 2.45) is 5.92 Å². The summed E-state index contributed by atoms with van der Waals surface area (Å²) in [7, 11) is -1.99. The molecule has 40 heavy (non-hydrogen) atoms. The molecule has 1 N–H and O–H groups in total. The van der Waals surface area contributed by atoms with Gasteiger partial charge >= 0.3 is 5.97 Å². The van der Waals surface area contributed by atoms with Gasteiger partial charge in [0.15, 0.2) is 15.0 Å². The van der Waals surface area contributed by atoms with E-state index < -0.39 is 21.7 Å². The maximum Gasteiger partial charge on any atom is 0.337 e. The molecule has 2 fully saturated rings. The highest BCUT2D eigenvalue weighted by Crippen LogP contribution is 2.36. The third kappa shape index (κ3) is 6.89. The van der Waals surface area contributed by atoms with Crippen LogP contribution in [0.5, 0.6) is 10.8 Å². The molecule has 1 saturated heterocycles. The van der Waals surface area contributed by atoms with E-state index in [0.717, 1.165) is 38.0 Å². The van der Waals surface area contributed by atoms with Crippen LogP contribution in [-0.4, -0.2) is 50.9 Å². The lowest BCUT2D eigenvalue weighted by Crippen LogP contribution is -2.23. The number of thiazole rings is 1. The average Bonchev–Trinajstić information content (AvgIpc) is 3.75. The standard InChI is InChI=1S/C29H32N2O7S2/c1-36-28(33)21-3-2-4-22(17-21)38-26-18-30-29(39-26)31-27(32)25(12-5-19-13-15-37-16-14-19)20-6-8-23(9-7-20)40(34,35)24-10-11-24/h2-4,6-9,17-19,24-25H,5,10-16H2,1H3,(H,30,31,32)/t25-/m1/s1. The van der Waals surface area contributed by atoms with Crippen molar-refractivity contribution in [1.82, 2.24) is 4.98 Å². The van der Waals surface area contributed by atoms with Gasteiger partial charge in [-0.3, -0.25) is 4.79 Å². The summed E-state index contributed by atoms with van der Waals surface area (Å²) < 4.78 is 41.4. The van der Waals surface area contributed by atoms with Gasteiger partial charge in [-0.1, -0.05) is 29.5 Å². The Bertz CT molecular complexity index is 1440. The van der Waals surface area contributed by atoms with Crippen LogP contribution in [0.3, 0.4) is 0 Å². The van der Waals surface area contributed by atoms with Gasteiger partial charge < -0.3 is 19.5 Å². The lowest BCUT2D eigenvalue weighted by Gasteiger charge is -2.24. The van der Waals surface area contributed by atoms with E-state index in [9.17, 15) is 18.0 Å². The average molecular weight is 585 g/mol. The van der Waals surface area contributed by atoms with E-state index in [-0.39, 0.29) is 11.2 Å². The number of ether oxygens (including phenoxy) is 3. The third-order valence-corrected chi connectivity index (χ3v) is 10.4. The summed E-state index contributed by atoms with van der Waals surface area (Å²) in [5.74, 6) is -0.212. The smallest absolute Gasteiger partial charge is 0.337 e. The SMILES string of the molecule is COC(=O)c1cccc(Oc2cnc(NC(=O)[C@H](CCC3CCOCC3)c3ccc(S(=O)(=O)C4CC4)cc3)s2)c1. The van der Waals surface area contributed by atoms with E-state index in [0.29, 0.717) is 51.6 Å². The quantitative estimate of drug-likeness (QED) is 0.290. The summed E-state index contributed by atoms with van der Waals surface area (Å²) in [5, 5.41) is 3.47. The molecule has 1 aromatic heterocycles. The Kier molecular flexibility index (Phi) is 8.82. The number of carbonyl (C=O) groups excluding carboxylic acids is 2. The Balaban J connectivity index is 1.29. The molecule has 212 valence electrons. The molecule has 1 aliphatic carbocycles. The first-order chi connectivity index (χ1) is 19.3. The predicted octanol–water partition coefficient (Wildman–Crippen LogP) is 5.59. The molecule has 0 unspecified atom stereocenters. The lowest BCUT2D eigenvalue weighted by atomic mass is 9.87. The maximum atomic E-state index is 13.5. The summed E-state index contributed by atoms with van der Waals surface area (Å²) in [4.78, 5) is 29.9. The topological polar surface area (TPSA) is 121 Å². The van der Waals surface area contributed by atoms with Crippen molar-refractivity contribution in [2.45, 2.75) is 54.6 Å². The summed E-state index contributed by atoms with van der Waals surface area (Å²) in [6.07, 6.45) is 6.35. The molecule has 2 aromatic carbocycles. The molecule has 1 atom stereocenters. The van der Waals surface area contributed by atoms with Crippen LogP contribution in [0.4, 0.5) is 5.13 Å². The summed E-state index contributed by atoms with van der Waals surface area (Å²) in [6, 6.07) is 13.4. The highest BCUT2D eigenvalue weighted by Gasteiger charge is 2.37. The minimum atomic E-state index is -3.30. The fraction of sp³-hybridized carbons (Fsp3) is 0.414. The van der Waals surface area contributed by atoms with Crippen molar-refractivity contribution in [2.75, 3.05) is 25.6 Å². The molecule has 2 aliphatic rings. The fourth-order valence-electron chi connectivity index (χ4n) is 4.82. The second-order valence-corrected chi connectivity index (χ2v) is 13.3. The number of anilines is 1. The minimum Gasteiger partial charge on any atom is -0.465 e. The number of nitrogens with zero attached hydrogens (tertiary/aromatic N) is 1. The Hall–Kier alpha value is -3.28. The summed E-state index contributed by atoms with van der Waals surface area (Å²) in [5.41, 5.74) is 1.13. The first-order valence-electron chi connectivity index (χ1n) is 13.4. The van der Waals surface area contributed by atoms with Gasteiger partial charge in [-0.05, 0) is 80.3 Å². The van der Waals surface area contributed by atoms with Gasteiger partial charge in [-0.2, -0.15) is 0 Å². The third-order valence-electron chi connectivity index (χ3n) is 7.28. The highest BCUT2D eigenvalue weighted by molar-refractivity contribution is 7.92. The van der Waals surface area contributed by atoms with Gasteiger partial charge in [-0.25, -0.2) is 18.2 Å². The number of sulfone groups is 1. The number of aromatic nitrogens is 1. The van der Waals surface area contributed by atoms with Crippen LogP contribution in [0.1, 0.15) is 60.4 Å². The normalized spacial score (nSPS) is 16.7. The molecule has 1 saturated carbocycles. The van der Waals surface area contributed by atoms with Crippen molar-refractivity contribution in [3.8, 4) is 10.8 Å². The number of amides is 1. The van der Waals surface area contributed by atoms with Crippen LogP contribution in [0, 0.1) is 5.92 Å². The van der Waals surface area contributed by atoms with Gasteiger partial charge in [0.1, 0.15) is 5.75 Å². The van der Waals surface area contributed by atoms with Crippen LogP contribution in [-0.2, 0) is 24.1 Å². The Morgan fingerprint density at radius 2 is 1.85 bits per heavy atom. The van der Waals surface area contributed by atoms with Crippen LogP contribution in [0.25, 0.3) is 0 Å². The number of methoxy groups -OCH3 is 1. The number of benzene rings is 2. The van der Waals surface area contributed by atoms with E-state index in [2.05, 4.69) is 10.3 Å². The van der Waals surface area contributed by atoms with Gasteiger partial charge in [0.2, 0.25) is 11.0 Å². The van der Waals surface area contributed by atoms with Crippen LogP contribution < -0.4 is 10.1 Å². The monoisotopic (exact) mass is 584 g/mol. The van der Waals surface area contributed by atoms with Crippen LogP contribution >= 0.6 is 11.3 Å². The number of hydrogen-bond donors (Lipinski definition) is 1. The van der Waals surface area contributed by atoms with Crippen molar-refractivity contribution >= 4 is 38.2 Å². The zero-order valence-corrected chi connectivity index (χ0v) is 23.8. The van der Waals surface area contributed by atoms with Crippen molar-refractivity contribution in [3.05, 3.63) is 65.9 Å². The molecule has 0 bridgehead atoms. The van der Waals surface area contributed by atoms with Crippen molar-refractivity contribution in [3.63, 3.8) is 0 Å². The zero-order valence-electron chi connectivity index (χ0n) is 22.2. The first kappa shape index (κ1) is 28.3. The molecule has 5 rings (SSSR count). The van der Waals surface area contributed by atoms with Crippen molar-refractivity contribution < 1.29 is 32.2 Å². The number of esters is 1. The van der Waals surface area contributed by atoms with Crippen LogP contribution in [0.15, 0.2) is 59.6 Å². The highest BCUT2D eigenvalue weighted by atomic mass is 32.2. The molecule has 1 amide bonds. The van der Waals surface area contributed by atoms with Gasteiger partial charge in [0.05, 0.1) is 34.9 Å². The van der Waals surface area contributed by atoms with E-state index in [1.807, 2.05) is 0 Å². The molecule has 1 aliphatic heterocycles. The number of hydrogen-bond acceptors (Lipinski definition) is 9. The fourth-order valence-corrected chi connectivity index (χ4v) is 7.17. The first-order valence-corrected chi connectivity index (χ1v) is 15.7. The molecule has 0 spiro atoms. The number of rotatable bonds is 11. The van der Waals surface area contributed by atoms with Gasteiger partial charge in [0.25, 0.3) is 0 Å². The number of nitrogens with one attached hydrogen (secondary N) is 1. The van der Waals surface area contributed by atoms with Crippen molar-refractivity contribution in [1.29, 1.82) is 0 Å². The summed E-state index contributed by atoms with van der Waals surface area (Å²) in [6.45, 7) is 1.47. The molecular formula is C29H32N2O7S2. The second kappa shape index (κ2) is 12.5. The lowest BCUT2D eigenvalue weighted by molar-refractivity contribution is -0.117. The van der Waals surface area contributed by atoms with E-state index in [4.69, 9.17) is 14.2 Å². The molecular weight excluding hydrogens is 552 g/mol. The Labute approximate surface area is 237 Å². The molecule has 0 radical (unpaired) electrons. The van der Waals surface area contributed by atoms with E-state index in [1.165, 1.54) is 24.6 Å². The Morgan fingerprint density at radius 1 is 1.10 bits per heavy atom. The summed E-state index contributed by atoms with van der Waals surface area (Å²) >= 11 is 1.17. The predicted molar refractivity (Wildman–Crippen MR) is 151 cm³/mol. The second-order valence-electron chi connectivity index (χ2n) is 10.1. The van der Waals surface area contributed by atoms with E-state index in [1.54, 1.807) is 48.5 Å². The largest absolute Gasteiger partial charge is 0.465 e. The van der Waals surface area contributed by atoms with Crippen LogP contribution in [0.2, 0.25) is 0 Å². The molecule has 2 heterocycles. The molecule has 11 heteroatoms.